The minimum absolute atomic E-state index is 0.216. The van der Waals surface area contributed by atoms with Crippen molar-refractivity contribution in [2.45, 2.75) is 6.92 Å². The highest BCUT2D eigenvalue weighted by atomic mass is 16.5. The van der Waals surface area contributed by atoms with Crippen LogP contribution in [0.15, 0.2) is 65.2 Å². The number of carbonyl (C=O) groups excluding carboxylic acids is 1. The van der Waals surface area contributed by atoms with Crippen molar-refractivity contribution in [1.29, 1.82) is 0 Å². The molecule has 4 rings (SSSR count). The van der Waals surface area contributed by atoms with Crippen molar-refractivity contribution >= 4 is 11.6 Å². The quantitative estimate of drug-likeness (QED) is 0.428. The van der Waals surface area contributed by atoms with Crippen molar-refractivity contribution in [1.82, 2.24) is 10.1 Å². The van der Waals surface area contributed by atoms with Gasteiger partial charge in [-0.05, 0) is 48.9 Å². The lowest BCUT2D eigenvalue weighted by atomic mass is 10.1. The molecule has 0 fully saturated rings. The number of rotatable bonds is 7. The highest BCUT2D eigenvalue weighted by molar-refractivity contribution is 6.08. The molecule has 3 aromatic carbocycles. The van der Waals surface area contributed by atoms with Crippen molar-refractivity contribution in [2.75, 3.05) is 26.6 Å². The number of aromatic nitrogens is 2. The molecule has 0 bridgehead atoms. The number of nitrogens with zero attached hydrogens (tertiary/aromatic N) is 2. The first-order valence-corrected chi connectivity index (χ1v) is 10.2. The van der Waals surface area contributed by atoms with Gasteiger partial charge in [0.05, 0.1) is 32.5 Å². The molecule has 1 heterocycles. The molecule has 0 saturated carbocycles. The van der Waals surface area contributed by atoms with Crippen LogP contribution in [0.2, 0.25) is 0 Å². The molecule has 4 aromatic rings. The van der Waals surface area contributed by atoms with Crippen LogP contribution >= 0.6 is 0 Å². The molecule has 168 valence electrons. The molecular weight excluding hydrogens is 422 g/mol. The molecule has 8 heteroatoms. The summed E-state index contributed by atoms with van der Waals surface area (Å²) in [6.45, 7) is 1.97. The molecule has 0 saturated heterocycles. The summed E-state index contributed by atoms with van der Waals surface area (Å²) >= 11 is 0. The largest absolute Gasteiger partial charge is 0.493 e. The van der Waals surface area contributed by atoms with Crippen LogP contribution in [-0.4, -0.2) is 37.4 Å². The molecule has 0 unspecified atom stereocenters. The average molecular weight is 445 g/mol. The number of amides is 1. The van der Waals surface area contributed by atoms with E-state index < -0.39 is 0 Å². The van der Waals surface area contributed by atoms with Gasteiger partial charge in [-0.1, -0.05) is 29.4 Å². The molecule has 1 aromatic heterocycles. The van der Waals surface area contributed by atoms with E-state index in [9.17, 15) is 4.79 Å². The predicted octanol–water partition coefficient (Wildman–Crippen LogP) is 4.99. The number of nitrogens with one attached hydrogen (secondary N) is 1. The Labute approximate surface area is 191 Å². The van der Waals surface area contributed by atoms with Gasteiger partial charge in [0, 0.05) is 11.3 Å². The van der Waals surface area contributed by atoms with Crippen molar-refractivity contribution < 1.29 is 23.5 Å². The van der Waals surface area contributed by atoms with Crippen molar-refractivity contribution in [3.8, 4) is 40.1 Å². The Kier molecular flexibility index (Phi) is 6.26. The van der Waals surface area contributed by atoms with Crippen LogP contribution in [0.1, 0.15) is 15.9 Å². The third-order valence-corrected chi connectivity index (χ3v) is 5.03. The first kappa shape index (κ1) is 21.9. The van der Waals surface area contributed by atoms with Crippen molar-refractivity contribution in [3.05, 3.63) is 71.8 Å². The molecular formula is C25H23N3O5. The number of hydrogen-bond acceptors (Lipinski definition) is 7. The monoisotopic (exact) mass is 445 g/mol. The maximum Gasteiger partial charge on any atom is 0.259 e. The summed E-state index contributed by atoms with van der Waals surface area (Å²) in [6.07, 6.45) is 0. The predicted molar refractivity (Wildman–Crippen MR) is 124 cm³/mol. The summed E-state index contributed by atoms with van der Waals surface area (Å²) in [4.78, 5) is 17.5. The molecule has 1 N–H and O–H groups in total. The topological polar surface area (TPSA) is 95.7 Å². The van der Waals surface area contributed by atoms with Gasteiger partial charge in [-0.2, -0.15) is 4.98 Å². The first-order valence-electron chi connectivity index (χ1n) is 10.2. The number of carbonyl (C=O) groups is 1. The number of benzene rings is 3. The van der Waals surface area contributed by atoms with Crippen molar-refractivity contribution in [3.63, 3.8) is 0 Å². The summed E-state index contributed by atoms with van der Waals surface area (Å²) in [5.41, 5.74) is 3.31. The van der Waals surface area contributed by atoms with Gasteiger partial charge < -0.3 is 24.1 Å². The van der Waals surface area contributed by atoms with E-state index in [1.807, 2.05) is 37.3 Å². The van der Waals surface area contributed by atoms with Gasteiger partial charge in [0.2, 0.25) is 11.6 Å². The zero-order valence-electron chi connectivity index (χ0n) is 18.7. The van der Waals surface area contributed by atoms with Crippen LogP contribution in [0.4, 0.5) is 5.69 Å². The third-order valence-electron chi connectivity index (χ3n) is 5.03. The van der Waals surface area contributed by atoms with E-state index in [-0.39, 0.29) is 11.8 Å². The maximum absolute atomic E-state index is 13.0. The molecule has 0 atom stereocenters. The van der Waals surface area contributed by atoms with Crippen LogP contribution in [-0.2, 0) is 0 Å². The minimum Gasteiger partial charge on any atom is -0.493 e. The Hall–Kier alpha value is -4.33. The number of aryl methyl sites for hydroxylation is 1. The molecule has 0 aliphatic rings. The number of ether oxygens (including phenoxy) is 3. The van der Waals surface area contributed by atoms with Crippen LogP contribution in [0.25, 0.3) is 22.8 Å². The van der Waals surface area contributed by atoms with Gasteiger partial charge in [0.25, 0.3) is 11.8 Å². The van der Waals surface area contributed by atoms with Gasteiger partial charge in [0.15, 0.2) is 11.5 Å². The summed E-state index contributed by atoms with van der Waals surface area (Å²) in [5.74, 6) is 1.66. The molecule has 0 radical (unpaired) electrons. The van der Waals surface area contributed by atoms with E-state index in [2.05, 4.69) is 15.5 Å². The lowest BCUT2D eigenvalue weighted by Gasteiger charge is -2.12. The van der Waals surface area contributed by atoms with Gasteiger partial charge in [0.1, 0.15) is 0 Å². The highest BCUT2D eigenvalue weighted by Crippen LogP contribution is 2.41. The van der Waals surface area contributed by atoms with Gasteiger partial charge in [-0.15, -0.1) is 0 Å². The summed E-state index contributed by atoms with van der Waals surface area (Å²) in [7, 11) is 4.60. The third kappa shape index (κ3) is 4.50. The van der Waals surface area contributed by atoms with Crippen LogP contribution < -0.4 is 19.5 Å². The fraction of sp³-hybridized carbons (Fsp3) is 0.160. The highest BCUT2D eigenvalue weighted by Gasteiger charge is 2.20. The molecule has 0 aliphatic heterocycles. The number of anilines is 1. The Morgan fingerprint density at radius 3 is 2.30 bits per heavy atom. The van der Waals surface area contributed by atoms with Gasteiger partial charge in [-0.25, -0.2) is 0 Å². The lowest BCUT2D eigenvalue weighted by molar-refractivity contribution is 0.102. The van der Waals surface area contributed by atoms with Crippen LogP contribution in [0.3, 0.4) is 0 Å². The first-order chi connectivity index (χ1) is 16.0. The Balaban J connectivity index is 1.68. The van der Waals surface area contributed by atoms with E-state index in [4.69, 9.17) is 18.7 Å². The van der Waals surface area contributed by atoms with E-state index in [0.29, 0.717) is 45.5 Å². The number of hydrogen-bond donors (Lipinski definition) is 1. The van der Waals surface area contributed by atoms with Gasteiger partial charge in [-0.3, -0.25) is 4.79 Å². The van der Waals surface area contributed by atoms with E-state index in [1.165, 1.54) is 21.3 Å². The average Bonchev–Trinajstić information content (AvgIpc) is 3.33. The lowest BCUT2D eigenvalue weighted by Crippen LogP contribution is -2.13. The SMILES string of the molecule is COc1cc(-c2noc(-c3ccccc3C(=O)Nc3cccc(C)c3)n2)cc(OC)c1OC. The second kappa shape index (κ2) is 9.44. The molecule has 1 amide bonds. The zero-order valence-corrected chi connectivity index (χ0v) is 18.7. The molecule has 0 aliphatic carbocycles. The fourth-order valence-corrected chi connectivity index (χ4v) is 3.45. The van der Waals surface area contributed by atoms with Crippen molar-refractivity contribution in [2.24, 2.45) is 0 Å². The Morgan fingerprint density at radius 2 is 1.64 bits per heavy atom. The smallest absolute Gasteiger partial charge is 0.259 e. The summed E-state index contributed by atoms with van der Waals surface area (Å²) < 4.78 is 21.7. The minimum atomic E-state index is -0.274. The second-order valence-corrected chi connectivity index (χ2v) is 7.21. The fourth-order valence-electron chi connectivity index (χ4n) is 3.45. The number of methoxy groups -OCH3 is 3. The standard InChI is InChI=1S/C25H23N3O5/c1-15-8-7-9-17(12-15)26-24(29)18-10-5-6-11-19(18)25-27-23(28-33-25)16-13-20(30-2)22(32-4)21(14-16)31-3/h5-14H,1-4H3,(H,26,29). The van der Waals surface area contributed by atoms with E-state index in [0.717, 1.165) is 5.56 Å². The molecule has 0 spiro atoms. The zero-order chi connectivity index (χ0) is 23.4. The van der Waals surface area contributed by atoms with E-state index in [1.54, 1.807) is 30.3 Å². The summed E-state index contributed by atoms with van der Waals surface area (Å²) in [6, 6.07) is 18.1. The van der Waals surface area contributed by atoms with E-state index >= 15 is 0 Å². The maximum atomic E-state index is 13.0. The van der Waals surface area contributed by atoms with Crippen LogP contribution in [0.5, 0.6) is 17.2 Å². The molecule has 33 heavy (non-hydrogen) atoms. The van der Waals surface area contributed by atoms with Gasteiger partial charge >= 0.3 is 0 Å². The van der Waals surface area contributed by atoms with Crippen LogP contribution in [0, 0.1) is 6.92 Å². The Morgan fingerprint density at radius 1 is 0.909 bits per heavy atom. The summed E-state index contributed by atoms with van der Waals surface area (Å²) in [5, 5.41) is 7.01. The second-order valence-electron chi connectivity index (χ2n) is 7.21. The Bertz CT molecular complexity index is 1270. The molecule has 8 nitrogen and oxygen atoms in total. The normalized spacial score (nSPS) is 10.5.